The summed E-state index contributed by atoms with van der Waals surface area (Å²) >= 11 is 1.40. The molecule has 0 fully saturated rings. The number of nitrogens with zero attached hydrogens (tertiary/aromatic N) is 2. The van der Waals surface area contributed by atoms with Crippen molar-refractivity contribution < 1.29 is 27.4 Å². The minimum absolute atomic E-state index is 0.319. The van der Waals surface area contributed by atoms with Crippen LogP contribution in [-0.2, 0) is 9.53 Å². The SMILES string of the molecule is CS/C=C(/c1ccc(OC(F)(F)F)cc1)N(C=NC(=O)C1C#CCCO1)CCCN. The summed E-state index contributed by atoms with van der Waals surface area (Å²) in [7, 11) is 0. The largest absolute Gasteiger partial charge is 0.573 e. The Morgan fingerprint density at radius 3 is 2.73 bits per heavy atom. The molecule has 1 unspecified atom stereocenters. The van der Waals surface area contributed by atoms with E-state index in [0.29, 0.717) is 43.8 Å². The minimum Gasteiger partial charge on any atom is -0.406 e. The quantitative estimate of drug-likeness (QED) is 0.360. The van der Waals surface area contributed by atoms with E-state index in [2.05, 4.69) is 21.6 Å². The van der Waals surface area contributed by atoms with Crippen molar-refractivity contribution in [3.05, 3.63) is 35.2 Å². The lowest BCUT2D eigenvalue weighted by Gasteiger charge is -2.23. The van der Waals surface area contributed by atoms with E-state index in [0.717, 1.165) is 0 Å². The van der Waals surface area contributed by atoms with Crippen LogP contribution in [0.5, 0.6) is 5.75 Å². The Morgan fingerprint density at radius 2 is 2.17 bits per heavy atom. The molecule has 1 heterocycles. The van der Waals surface area contributed by atoms with Gasteiger partial charge >= 0.3 is 6.36 Å². The lowest BCUT2D eigenvalue weighted by atomic mass is 10.1. The van der Waals surface area contributed by atoms with Crippen molar-refractivity contribution in [3.8, 4) is 17.6 Å². The van der Waals surface area contributed by atoms with Gasteiger partial charge in [0, 0.05) is 13.0 Å². The zero-order valence-corrected chi connectivity index (χ0v) is 17.1. The van der Waals surface area contributed by atoms with Crippen molar-refractivity contribution in [1.82, 2.24) is 4.90 Å². The molecule has 1 amide bonds. The fourth-order valence-corrected chi connectivity index (χ4v) is 3.00. The summed E-state index contributed by atoms with van der Waals surface area (Å²) in [5.74, 6) is 4.68. The van der Waals surface area contributed by atoms with Crippen molar-refractivity contribution in [2.75, 3.05) is 26.0 Å². The molecule has 1 atom stereocenters. The highest BCUT2D eigenvalue weighted by Crippen LogP contribution is 2.27. The van der Waals surface area contributed by atoms with Crippen LogP contribution in [0.3, 0.4) is 0 Å². The molecule has 6 nitrogen and oxygen atoms in total. The van der Waals surface area contributed by atoms with Crippen LogP contribution in [0.1, 0.15) is 18.4 Å². The third-order valence-electron chi connectivity index (χ3n) is 3.82. The molecule has 1 aromatic rings. The van der Waals surface area contributed by atoms with E-state index in [9.17, 15) is 18.0 Å². The number of carbonyl (C=O) groups is 1. The highest BCUT2D eigenvalue weighted by Gasteiger charge is 2.31. The minimum atomic E-state index is -4.76. The van der Waals surface area contributed by atoms with E-state index < -0.39 is 18.4 Å². The summed E-state index contributed by atoms with van der Waals surface area (Å²) in [6, 6.07) is 5.46. The maximum absolute atomic E-state index is 12.4. The molecule has 0 aromatic heterocycles. The van der Waals surface area contributed by atoms with E-state index in [1.807, 2.05) is 11.7 Å². The first kappa shape index (κ1) is 23.8. The first-order valence-corrected chi connectivity index (χ1v) is 10.4. The lowest BCUT2D eigenvalue weighted by Crippen LogP contribution is -2.27. The predicted octanol–water partition coefficient (Wildman–Crippen LogP) is 3.24. The maximum Gasteiger partial charge on any atom is 0.573 e. The van der Waals surface area contributed by atoms with E-state index in [1.165, 1.54) is 42.4 Å². The van der Waals surface area contributed by atoms with Gasteiger partial charge in [-0.15, -0.1) is 24.9 Å². The number of benzene rings is 1. The zero-order chi connectivity index (χ0) is 22.0. The second-order valence-electron chi connectivity index (χ2n) is 6.05. The molecule has 30 heavy (non-hydrogen) atoms. The molecule has 0 spiro atoms. The fourth-order valence-electron chi connectivity index (χ4n) is 2.50. The normalized spacial score (nSPS) is 16.8. The van der Waals surface area contributed by atoms with E-state index in [1.54, 1.807) is 4.90 Å². The number of alkyl halides is 3. The zero-order valence-electron chi connectivity index (χ0n) is 16.3. The summed E-state index contributed by atoms with van der Waals surface area (Å²) in [5, 5.41) is 1.81. The predicted molar refractivity (Wildman–Crippen MR) is 111 cm³/mol. The number of aliphatic imine (C=N–C) groups is 1. The lowest BCUT2D eigenvalue weighted by molar-refractivity contribution is -0.274. The molecule has 10 heteroatoms. The number of halogens is 3. The van der Waals surface area contributed by atoms with Crippen molar-refractivity contribution in [3.63, 3.8) is 0 Å². The number of hydrogen-bond donors (Lipinski definition) is 1. The van der Waals surface area contributed by atoms with Crippen LogP contribution in [0.4, 0.5) is 13.2 Å². The molecule has 0 radical (unpaired) electrons. The van der Waals surface area contributed by atoms with Gasteiger partial charge in [-0.25, -0.2) is 4.99 Å². The standard InChI is InChI=1S/C20H22F3N3O3S/c1-30-13-17(15-6-8-16(9-7-15)29-20(21,22)23)26(11-4-10-24)14-25-19(27)18-5-2-3-12-28-18/h6-9,13-14,18H,3-4,10-12,24H2,1H3/b17-13-,25-14?. The Kier molecular flexibility index (Phi) is 9.23. The molecule has 0 bridgehead atoms. The third-order valence-corrected chi connectivity index (χ3v) is 4.28. The number of amides is 1. The van der Waals surface area contributed by atoms with Crippen LogP contribution in [0.15, 0.2) is 34.7 Å². The number of thioether (sulfide) groups is 1. The molecule has 162 valence electrons. The summed E-state index contributed by atoms with van der Waals surface area (Å²) < 4.78 is 46.4. The average molecular weight is 441 g/mol. The molecule has 0 saturated carbocycles. The smallest absolute Gasteiger partial charge is 0.406 e. The molecular weight excluding hydrogens is 419 g/mol. The Morgan fingerprint density at radius 1 is 1.43 bits per heavy atom. The number of ether oxygens (including phenoxy) is 2. The maximum atomic E-state index is 12.4. The topological polar surface area (TPSA) is 77.1 Å². The molecule has 1 aromatic carbocycles. The van der Waals surface area contributed by atoms with Gasteiger partial charge in [-0.1, -0.05) is 11.8 Å². The van der Waals surface area contributed by atoms with Crippen LogP contribution in [0.25, 0.3) is 5.70 Å². The Labute approximate surface area is 177 Å². The van der Waals surface area contributed by atoms with Gasteiger partial charge in [-0.3, -0.25) is 4.79 Å². The van der Waals surface area contributed by atoms with E-state index >= 15 is 0 Å². The number of rotatable bonds is 9. The van der Waals surface area contributed by atoms with E-state index in [4.69, 9.17) is 10.5 Å². The van der Waals surface area contributed by atoms with Gasteiger partial charge in [0.1, 0.15) is 5.75 Å². The van der Waals surface area contributed by atoms with Gasteiger partial charge in [-0.05, 0) is 54.5 Å². The number of hydrogen-bond acceptors (Lipinski definition) is 5. The van der Waals surface area contributed by atoms with Crippen LogP contribution in [0, 0.1) is 11.8 Å². The van der Waals surface area contributed by atoms with Gasteiger partial charge in [-0.2, -0.15) is 0 Å². The second-order valence-corrected chi connectivity index (χ2v) is 6.76. The van der Waals surface area contributed by atoms with Crippen molar-refractivity contribution >= 4 is 29.7 Å². The first-order chi connectivity index (χ1) is 14.3. The van der Waals surface area contributed by atoms with Gasteiger partial charge in [0.2, 0.25) is 0 Å². The molecular formula is C20H22F3N3O3S. The van der Waals surface area contributed by atoms with Crippen molar-refractivity contribution in [2.45, 2.75) is 25.3 Å². The number of nitrogens with two attached hydrogens (primary N) is 1. The van der Waals surface area contributed by atoms with Crippen LogP contribution < -0.4 is 10.5 Å². The Hall–Kier alpha value is -2.48. The molecule has 1 aliphatic rings. The van der Waals surface area contributed by atoms with Crippen molar-refractivity contribution in [1.29, 1.82) is 0 Å². The van der Waals surface area contributed by atoms with Crippen LogP contribution >= 0.6 is 11.8 Å². The highest BCUT2D eigenvalue weighted by molar-refractivity contribution is 8.01. The Balaban J connectivity index is 2.24. The van der Waals surface area contributed by atoms with Crippen LogP contribution in [-0.4, -0.2) is 55.6 Å². The summed E-state index contributed by atoms with van der Waals surface area (Å²) in [6.45, 7) is 1.25. The third kappa shape index (κ3) is 7.74. The van der Waals surface area contributed by atoms with Gasteiger partial charge in [0.15, 0.2) is 6.10 Å². The number of carbonyl (C=O) groups excluding carboxylic acids is 1. The second kappa shape index (κ2) is 11.6. The molecule has 2 rings (SSSR count). The van der Waals surface area contributed by atoms with Gasteiger partial charge in [0.25, 0.3) is 5.91 Å². The average Bonchev–Trinajstić information content (AvgIpc) is 2.72. The summed E-state index contributed by atoms with van der Waals surface area (Å²) in [4.78, 5) is 17.9. The van der Waals surface area contributed by atoms with Gasteiger partial charge in [0.05, 0.1) is 18.6 Å². The monoisotopic (exact) mass is 441 g/mol. The van der Waals surface area contributed by atoms with Gasteiger partial charge < -0.3 is 20.1 Å². The van der Waals surface area contributed by atoms with Crippen LogP contribution in [0.2, 0.25) is 0 Å². The summed E-state index contributed by atoms with van der Waals surface area (Å²) in [6.07, 6.45) is -1.25. The van der Waals surface area contributed by atoms with Crippen molar-refractivity contribution in [2.24, 2.45) is 10.7 Å². The molecule has 0 saturated heterocycles. The Bertz CT molecular complexity index is 830. The fraction of sp³-hybridized carbons (Fsp3) is 0.400. The molecule has 0 aliphatic carbocycles. The molecule has 1 aliphatic heterocycles. The highest BCUT2D eigenvalue weighted by atomic mass is 32.2. The van der Waals surface area contributed by atoms with E-state index in [-0.39, 0.29) is 5.75 Å². The molecule has 2 N–H and O–H groups in total. The summed E-state index contributed by atoms with van der Waals surface area (Å²) in [5.41, 5.74) is 6.90. The first-order valence-electron chi connectivity index (χ1n) is 9.08.